The zero-order chi connectivity index (χ0) is 45.2. The Morgan fingerprint density at radius 1 is 0.530 bits per heavy atom. The van der Waals surface area contributed by atoms with Gasteiger partial charge in [0.05, 0.1) is 23.0 Å². The number of anilines is 2. The summed E-state index contributed by atoms with van der Waals surface area (Å²) in [7, 11) is 0. The lowest BCUT2D eigenvalue weighted by molar-refractivity contribution is -0.164. The molecule has 348 valence electrons. The van der Waals surface area contributed by atoms with E-state index in [1.165, 1.54) is 24.5 Å². The molecule has 0 spiro atoms. The van der Waals surface area contributed by atoms with Crippen LogP contribution in [0.3, 0.4) is 0 Å². The number of carbonyl (C=O) groups excluding carboxylic acids is 2. The summed E-state index contributed by atoms with van der Waals surface area (Å²) in [6, 6.07) is 14.3. The van der Waals surface area contributed by atoms with Gasteiger partial charge in [-0.2, -0.15) is 8.78 Å². The molecular formula is C52H62F2N8O4. The topological polar surface area (TPSA) is 157 Å². The fourth-order valence-electron chi connectivity index (χ4n) is 14.4. The van der Waals surface area contributed by atoms with Gasteiger partial charge >= 0.3 is 0 Å². The predicted molar refractivity (Wildman–Crippen MR) is 246 cm³/mol. The van der Waals surface area contributed by atoms with Crippen molar-refractivity contribution in [1.82, 2.24) is 30.6 Å². The largest absolute Gasteiger partial charge is 0.393 e. The van der Waals surface area contributed by atoms with Gasteiger partial charge in [0.1, 0.15) is 11.6 Å². The van der Waals surface area contributed by atoms with Crippen LogP contribution in [-0.2, 0) is 9.59 Å². The third-order valence-corrected chi connectivity index (χ3v) is 17.2. The van der Waals surface area contributed by atoms with Crippen molar-refractivity contribution < 1.29 is 28.6 Å². The zero-order valence-electron chi connectivity index (χ0n) is 37.6. The second-order valence-electron chi connectivity index (χ2n) is 21.5. The van der Waals surface area contributed by atoms with Crippen LogP contribution in [0.5, 0.6) is 0 Å². The molecular weight excluding hydrogens is 839 g/mol. The molecule has 66 heavy (non-hydrogen) atoms. The molecule has 0 aromatic carbocycles. The van der Waals surface area contributed by atoms with Crippen molar-refractivity contribution in [2.45, 2.75) is 114 Å². The van der Waals surface area contributed by atoms with Gasteiger partial charge in [0.25, 0.3) is 0 Å². The molecule has 2 aliphatic heterocycles. The number of piperidine rings is 2. The smallest absolute Gasteiger partial charge is 0.226 e. The lowest BCUT2D eigenvalue weighted by Gasteiger charge is -2.58. The zero-order valence-corrected chi connectivity index (χ0v) is 37.6. The number of hydrogen-bond acceptors (Lipinski definition) is 10. The van der Waals surface area contributed by atoms with E-state index in [1.54, 1.807) is 24.5 Å². The minimum atomic E-state index is -0.491. The summed E-state index contributed by atoms with van der Waals surface area (Å²) < 4.78 is 26.2. The van der Waals surface area contributed by atoms with E-state index in [4.69, 9.17) is 0 Å². The first kappa shape index (κ1) is 43.5. The molecule has 6 atom stereocenters. The van der Waals surface area contributed by atoms with Gasteiger partial charge in [0.2, 0.25) is 23.7 Å². The molecule has 4 unspecified atom stereocenters. The molecule has 10 aliphatic rings. The molecule has 0 radical (unpaired) electrons. The highest BCUT2D eigenvalue weighted by molar-refractivity contribution is 5.84. The van der Waals surface area contributed by atoms with E-state index in [0.29, 0.717) is 35.5 Å². The van der Waals surface area contributed by atoms with Crippen molar-refractivity contribution in [3.05, 3.63) is 85.2 Å². The maximum Gasteiger partial charge on any atom is 0.226 e. The average molecular weight is 901 g/mol. The van der Waals surface area contributed by atoms with Crippen LogP contribution < -0.4 is 20.4 Å². The maximum atomic E-state index is 13.5. The summed E-state index contributed by atoms with van der Waals surface area (Å²) in [5.41, 5.74) is 2.94. The van der Waals surface area contributed by atoms with Crippen molar-refractivity contribution in [3.8, 4) is 22.3 Å². The van der Waals surface area contributed by atoms with Gasteiger partial charge in [-0.05, 0) is 174 Å². The predicted octanol–water partition coefficient (Wildman–Crippen LogP) is 7.11. The van der Waals surface area contributed by atoms with Crippen LogP contribution in [0.2, 0.25) is 0 Å². The Hall–Kier alpha value is -5.08. The van der Waals surface area contributed by atoms with Crippen molar-refractivity contribution in [2.75, 3.05) is 36.0 Å². The Morgan fingerprint density at radius 3 is 1.23 bits per heavy atom. The number of nitrogens with one attached hydrogen (secondary N) is 2. The van der Waals surface area contributed by atoms with Crippen LogP contribution in [0, 0.1) is 58.2 Å². The van der Waals surface area contributed by atoms with Crippen LogP contribution in [0.15, 0.2) is 73.3 Å². The molecule has 10 fully saturated rings. The number of aliphatic hydroxyl groups is 2. The third kappa shape index (κ3) is 8.45. The van der Waals surface area contributed by atoms with Crippen LogP contribution >= 0.6 is 0 Å². The Balaban J connectivity index is 0.000000146. The summed E-state index contributed by atoms with van der Waals surface area (Å²) in [5, 5.41) is 27.9. The Morgan fingerprint density at radius 2 is 0.894 bits per heavy atom. The van der Waals surface area contributed by atoms with Crippen molar-refractivity contribution in [1.29, 1.82) is 0 Å². The van der Waals surface area contributed by atoms with E-state index in [-0.39, 0.29) is 46.9 Å². The summed E-state index contributed by atoms with van der Waals surface area (Å²) in [5.74, 6) is 3.69. The maximum absolute atomic E-state index is 13.5. The third-order valence-electron chi connectivity index (χ3n) is 17.2. The SMILES string of the molecule is O=C(N[C@H]1CCCN(c2ccc(-c3ccc(F)nc3)cn2)C1)C12CC3CC(C1)C(O)C(C3)C2.O=C(N[C@H]1CCCN(c2ccc(-c3ccc(F)nc3)cn2)C1)C12CC3CC(C1)C(O)C(C3)C2. The molecule has 8 aliphatic carbocycles. The number of aliphatic hydroxyl groups excluding tert-OH is 2. The van der Waals surface area contributed by atoms with Gasteiger partial charge in [-0.15, -0.1) is 0 Å². The average Bonchev–Trinajstić information content (AvgIpc) is 3.33. The first-order valence-electron chi connectivity index (χ1n) is 24.6. The Bertz CT molecular complexity index is 2190. The van der Waals surface area contributed by atoms with Gasteiger partial charge in [0, 0.05) is 85.3 Å². The Kier molecular flexibility index (Phi) is 11.6. The number of carbonyl (C=O) groups is 2. The van der Waals surface area contributed by atoms with E-state index < -0.39 is 11.9 Å². The molecule has 2 saturated heterocycles. The van der Waals surface area contributed by atoms with Gasteiger partial charge < -0.3 is 30.6 Å². The summed E-state index contributed by atoms with van der Waals surface area (Å²) in [6.45, 7) is 3.34. The van der Waals surface area contributed by atoms with Crippen molar-refractivity contribution in [3.63, 3.8) is 0 Å². The molecule has 4 aromatic heterocycles. The lowest BCUT2D eigenvalue weighted by Crippen LogP contribution is -2.60. The van der Waals surface area contributed by atoms with E-state index in [1.807, 2.05) is 24.3 Å². The van der Waals surface area contributed by atoms with Gasteiger partial charge in [0.15, 0.2) is 0 Å². The van der Waals surface area contributed by atoms with E-state index in [0.717, 1.165) is 150 Å². The number of pyridine rings is 4. The highest BCUT2D eigenvalue weighted by Crippen LogP contribution is 2.61. The molecule has 2 amide bonds. The number of rotatable bonds is 8. The van der Waals surface area contributed by atoms with E-state index >= 15 is 0 Å². The first-order chi connectivity index (χ1) is 32.0. The number of amides is 2. The molecule has 12 nitrogen and oxygen atoms in total. The summed E-state index contributed by atoms with van der Waals surface area (Å²) in [4.78, 5) is 48.2. The van der Waals surface area contributed by atoms with Crippen molar-refractivity contribution >= 4 is 23.5 Å². The molecule has 4 aromatic rings. The fourth-order valence-corrected chi connectivity index (χ4v) is 14.4. The lowest BCUT2D eigenvalue weighted by atomic mass is 9.48. The number of nitrogens with zero attached hydrogens (tertiary/aromatic N) is 6. The van der Waals surface area contributed by atoms with Crippen LogP contribution in [0.4, 0.5) is 20.4 Å². The normalized spacial score (nSPS) is 35.0. The van der Waals surface area contributed by atoms with Crippen LogP contribution in [0.1, 0.15) is 89.9 Å². The second-order valence-corrected chi connectivity index (χ2v) is 21.5. The number of aromatic nitrogens is 4. The molecule has 14 heteroatoms. The van der Waals surface area contributed by atoms with E-state index in [9.17, 15) is 28.6 Å². The van der Waals surface area contributed by atoms with E-state index in [2.05, 4.69) is 40.4 Å². The molecule has 8 bridgehead atoms. The number of hydrogen-bond donors (Lipinski definition) is 4. The number of halogens is 2. The minimum Gasteiger partial charge on any atom is -0.393 e. The van der Waals surface area contributed by atoms with Gasteiger partial charge in [-0.25, -0.2) is 19.9 Å². The van der Waals surface area contributed by atoms with Crippen LogP contribution in [0.25, 0.3) is 22.3 Å². The standard InChI is InChI=1S/2C26H31FN4O2/c2*27-22-5-3-17(13-28-22)18-4-6-23(29-14-18)31-7-1-2-21(15-31)30-25(33)26-10-16-8-19(11-26)24(32)20(9-16)12-26/h2*3-6,13-14,16,19-21,24,32H,1-2,7-12,15H2,(H,30,33)/t2*16?,19?,20?,21-,24?,26?/m00/s1. The van der Waals surface area contributed by atoms with Crippen molar-refractivity contribution in [2.24, 2.45) is 46.3 Å². The quantitative estimate of drug-likeness (QED) is 0.135. The first-order valence-corrected chi connectivity index (χ1v) is 24.6. The Labute approximate surface area is 385 Å². The van der Waals surface area contributed by atoms with Crippen LogP contribution in [-0.4, -0.2) is 92.4 Å². The summed E-state index contributed by atoms with van der Waals surface area (Å²) in [6.07, 6.45) is 20.0. The monoisotopic (exact) mass is 900 g/mol. The summed E-state index contributed by atoms with van der Waals surface area (Å²) >= 11 is 0. The highest BCUT2D eigenvalue weighted by Gasteiger charge is 2.59. The molecule has 6 heterocycles. The minimum absolute atomic E-state index is 0.118. The fraction of sp³-hybridized carbons (Fsp3) is 0.577. The molecule has 8 saturated carbocycles. The molecule has 14 rings (SSSR count). The van der Waals surface area contributed by atoms with Gasteiger partial charge in [-0.3, -0.25) is 9.59 Å². The molecule has 4 N–H and O–H groups in total. The van der Waals surface area contributed by atoms with Gasteiger partial charge in [-0.1, -0.05) is 0 Å². The second kappa shape index (κ2) is 17.5. The highest BCUT2D eigenvalue weighted by atomic mass is 19.1.